The second-order valence-electron chi connectivity index (χ2n) is 3.05. The summed E-state index contributed by atoms with van der Waals surface area (Å²) in [7, 11) is 0. The molecule has 0 amide bonds. The van der Waals surface area contributed by atoms with E-state index in [-0.39, 0.29) is 28.4 Å². The number of esters is 1. The van der Waals surface area contributed by atoms with Crippen molar-refractivity contribution in [2.45, 2.75) is 18.4 Å². The van der Waals surface area contributed by atoms with Crippen molar-refractivity contribution in [2.75, 3.05) is 6.61 Å². The molecule has 0 radical (unpaired) electrons. The number of carbonyl (C=O) groups is 1. The minimum absolute atomic E-state index is 0.0361. The molecular weight excluding hydrogens is 264 g/mol. The van der Waals surface area contributed by atoms with E-state index in [0.717, 1.165) is 6.07 Å². The van der Waals surface area contributed by atoms with Crippen LogP contribution in [0.3, 0.4) is 0 Å². The maximum Gasteiger partial charge on any atom is 0.387 e. The molecule has 0 heterocycles. The lowest BCUT2D eigenvalue weighted by Gasteiger charge is -2.11. The van der Waals surface area contributed by atoms with Crippen LogP contribution in [-0.4, -0.2) is 19.2 Å². The Hall–Kier alpha value is -1.81. The van der Waals surface area contributed by atoms with Gasteiger partial charge >= 0.3 is 12.6 Å². The monoisotopic (exact) mass is 273 g/mol. The van der Waals surface area contributed by atoms with Crippen LogP contribution in [0.2, 0.25) is 0 Å². The molecule has 0 unspecified atom stereocenters. The number of hydrogen-bond acceptors (Lipinski definition) is 5. The summed E-state index contributed by atoms with van der Waals surface area (Å²) in [6.45, 7) is -1.28. The summed E-state index contributed by atoms with van der Waals surface area (Å²) >= 11 is 3.91. The van der Waals surface area contributed by atoms with Gasteiger partial charge in [0.25, 0.3) is 0 Å². The Balaban J connectivity index is 3.21. The first kappa shape index (κ1) is 14.3. The van der Waals surface area contributed by atoms with Gasteiger partial charge in [-0.3, -0.25) is 0 Å². The Morgan fingerprint density at radius 3 is 2.72 bits per heavy atom. The van der Waals surface area contributed by atoms with Gasteiger partial charge < -0.3 is 9.47 Å². The number of rotatable bonds is 4. The lowest BCUT2D eigenvalue weighted by Crippen LogP contribution is -2.09. The maximum absolute atomic E-state index is 12.1. The molecule has 1 rings (SSSR count). The molecule has 4 nitrogen and oxygen atoms in total. The second kappa shape index (κ2) is 6.21. The Labute approximate surface area is 108 Å². The average molecular weight is 273 g/mol. The van der Waals surface area contributed by atoms with Gasteiger partial charge in [0.1, 0.15) is 11.8 Å². The Kier molecular flexibility index (Phi) is 4.92. The summed E-state index contributed by atoms with van der Waals surface area (Å²) in [5, 5.41) is 8.93. The quantitative estimate of drug-likeness (QED) is 0.676. The number of alkyl halides is 2. The maximum atomic E-state index is 12.1. The zero-order chi connectivity index (χ0) is 13.7. The smallest absolute Gasteiger partial charge is 0.387 e. The van der Waals surface area contributed by atoms with Gasteiger partial charge in [0, 0.05) is 0 Å². The fraction of sp³-hybridized carbons (Fsp3) is 0.273. The van der Waals surface area contributed by atoms with Crippen molar-refractivity contribution in [1.29, 1.82) is 5.26 Å². The Morgan fingerprint density at radius 2 is 2.22 bits per heavy atom. The second-order valence-corrected chi connectivity index (χ2v) is 3.49. The molecule has 0 bridgehead atoms. The first-order chi connectivity index (χ1) is 8.51. The molecule has 0 aromatic heterocycles. The van der Waals surface area contributed by atoms with Gasteiger partial charge in [0.05, 0.1) is 22.6 Å². The van der Waals surface area contributed by atoms with Crippen LogP contribution in [0.1, 0.15) is 22.8 Å². The average Bonchev–Trinajstić information content (AvgIpc) is 2.31. The van der Waals surface area contributed by atoms with Crippen LogP contribution in [0.25, 0.3) is 0 Å². The molecule has 0 spiro atoms. The van der Waals surface area contributed by atoms with Gasteiger partial charge in [-0.15, -0.1) is 12.6 Å². The number of nitrogens with zero attached hydrogens (tertiary/aromatic N) is 1. The fourth-order valence-electron chi connectivity index (χ4n) is 1.26. The van der Waals surface area contributed by atoms with Crippen LogP contribution in [0.4, 0.5) is 8.78 Å². The van der Waals surface area contributed by atoms with E-state index in [1.807, 2.05) is 0 Å². The number of hydrogen-bond donors (Lipinski definition) is 1. The summed E-state index contributed by atoms with van der Waals surface area (Å²) in [5.74, 6) is -0.981. The van der Waals surface area contributed by atoms with Gasteiger partial charge in [-0.25, -0.2) is 4.79 Å². The molecule has 0 atom stereocenters. The highest BCUT2D eigenvalue weighted by molar-refractivity contribution is 7.80. The molecule has 1 aromatic carbocycles. The molecule has 96 valence electrons. The number of benzene rings is 1. The van der Waals surface area contributed by atoms with Gasteiger partial charge in [-0.1, -0.05) is 0 Å². The summed E-state index contributed by atoms with van der Waals surface area (Å²) in [6.07, 6.45) is 0. The first-order valence-electron chi connectivity index (χ1n) is 4.89. The molecule has 0 aliphatic heterocycles. The van der Waals surface area contributed by atoms with Gasteiger partial charge in [-0.05, 0) is 19.1 Å². The van der Waals surface area contributed by atoms with Gasteiger partial charge in [0.15, 0.2) is 0 Å². The van der Waals surface area contributed by atoms with Crippen LogP contribution in [0.15, 0.2) is 17.0 Å². The molecule has 0 N–H and O–H groups in total. The number of carbonyl (C=O) groups excluding carboxylic acids is 1. The minimum Gasteiger partial charge on any atom is -0.462 e. The van der Waals surface area contributed by atoms with E-state index < -0.39 is 12.6 Å². The molecule has 0 saturated carbocycles. The molecule has 0 aliphatic rings. The lowest BCUT2D eigenvalue weighted by atomic mass is 10.1. The van der Waals surface area contributed by atoms with Crippen molar-refractivity contribution in [3.63, 3.8) is 0 Å². The first-order valence-corrected chi connectivity index (χ1v) is 5.34. The van der Waals surface area contributed by atoms with Crippen molar-refractivity contribution in [1.82, 2.24) is 0 Å². The number of thiol groups is 1. The Bertz CT molecular complexity index is 500. The third kappa shape index (κ3) is 3.11. The van der Waals surface area contributed by atoms with E-state index in [9.17, 15) is 13.6 Å². The SMILES string of the molecule is CCOC(=O)c1ccc(OC(F)F)c(S)c1C#N. The topological polar surface area (TPSA) is 59.3 Å². The number of ether oxygens (including phenoxy) is 2. The van der Waals surface area contributed by atoms with E-state index in [0.29, 0.717) is 0 Å². The third-order valence-corrected chi connectivity index (χ3v) is 2.41. The summed E-state index contributed by atoms with van der Waals surface area (Å²) in [5.41, 5.74) is -0.194. The van der Waals surface area contributed by atoms with Crippen LogP contribution >= 0.6 is 12.6 Å². The fourth-order valence-corrected chi connectivity index (χ4v) is 1.55. The van der Waals surface area contributed by atoms with E-state index in [2.05, 4.69) is 17.4 Å². The van der Waals surface area contributed by atoms with E-state index >= 15 is 0 Å². The minimum atomic E-state index is -3.03. The van der Waals surface area contributed by atoms with Crippen LogP contribution in [0, 0.1) is 11.3 Å². The largest absolute Gasteiger partial charge is 0.462 e. The molecule has 0 aliphatic carbocycles. The molecule has 18 heavy (non-hydrogen) atoms. The zero-order valence-electron chi connectivity index (χ0n) is 9.31. The van der Waals surface area contributed by atoms with Crippen LogP contribution in [-0.2, 0) is 4.74 Å². The van der Waals surface area contributed by atoms with Crippen molar-refractivity contribution in [2.24, 2.45) is 0 Å². The lowest BCUT2D eigenvalue weighted by molar-refractivity contribution is -0.0516. The van der Waals surface area contributed by atoms with Crippen molar-refractivity contribution < 1.29 is 23.0 Å². The van der Waals surface area contributed by atoms with Gasteiger partial charge in [0.2, 0.25) is 0 Å². The predicted molar refractivity (Wildman–Crippen MR) is 61.0 cm³/mol. The van der Waals surface area contributed by atoms with E-state index in [1.165, 1.54) is 6.07 Å². The Morgan fingerprint density at radius 1 is 1.56 bits per heavy atom. The van der Waals surface area contributed by atoms with Crippen molar-refractivity contribution >= 4 is 18.6 Å². The molecule has 7 heteroatoms. The van der Waals surface area contributed by atoms with E-state index in [1.54, 1.807) is 13.0 Å². The molecule has 0 saturated heterocycles. The molecule has 0 fully saturated rings. The van der Waals surface area contributed by atoms with E-state index in [4.69, 9.17) is 10.00 Å². The third-order valence-electron chi connectivity index (χ3n) is 1.96. The highest BCUT2D eigenvalue weighted by Crippen LogP contribution is 2.30. The zero-order valence-corrected chi connectivity index (χ0v) is 10.2. The highest BCUT2D eigenvalue weighted by atomic mass is 32.1. The molecule has 1 aromatic rings. The summed E-state index contributed by atoms with van der Waals surface area (Å²) in [4.78, 5) is 11.4. The van der Waals surface area contributed by atoms with Crippen LogP contribution in [0.5, 0.6) is 5.75 Å². The van der Waals surface area contributed by atoms with Crippen molar-refractivity contribution in [3.8, 4) is 11.8 Å². The highest BCUT2D eigenvalue weighted by Gasteiger charge is 2.19. The molecular formula is C11H9F2NO3S. The number of halogens is 2. The summed E-state index contributed by atoms with van der Waals surface area (Å²) < 4.78 is 33.1. The standard InChI is InChI=1S/C11H9F2NO3S/c1-2-16-10(15)6-3-4-8(17-11(12)13)9(18)7(6)5-14/h3-4,11,18H,2H2,1H3. The van der Waals surface area contributed by atoms with Crippen molar-refractivity contribution in [3.05, 3.63) is 23.3 Å². The summed E-state index contributed by atoms with van der Waals surface area (Å²) in [6, 6.07) is 4.04. The number of nitriles is 1. The normalized spacial score (nSPS) is 10.0. The predicted octanol–water partition coefficient (Wildman–Crippen LogP) is 2.63. The van der Waals surface area contributed by atoms with Gasteiger partial charge in [-0.2, -0.15) is 14.0 Å². The van der Waals surface area contributed by atoms with Crippen LogP contribution < -0.4 is 4.74 Å².